The third kappa shape index (κ3) is 5.82. The number of carbonyl (C=O) groups excluding carboxylic acids is 1. The highest BCUT2D eigenvalue weighted by atomic mass is 35.5. The first-order valence-corrected chi connectivity index (χ1v) is 15.1. The first kappa shape index (κ1) is 29.4. The standard InChI is InChI=1S/C30H38ClFN8O3/c1-17-13-38-16-20(11-22(32)27(38)33-17)34-26-25-21(31)12-23(35-28(25)40(36-26)24-9-7-8-10-42-24)37-14-18(2)39(19(3)15-37)29(41)43-30(4,5)6/h11-13,16,18-19,24H,7-10,14-15H2,1-6H3,(H,34,36)/t18-,19-,24?/m1/s1. The lowest BCUT2D eigenvalue weighted by Gasteiger charge is -2.44. The van der Waals surface area contributed by atoms with Gasteiger partial charge in [-0.05, 0) is 60.8 Å². The zero-order chi connectivity index (χ0) is 30.6. The number of amides is 1. The van der Waals surface area contributed by atoms with Crippen molar-refractivity contribution in [2.24, 2.45) is 0 Å². The van der Waals surface area contributed by atoms with Crippen molar-refractivity contribution in [3.8, 4) is 0 Å². The van der Waals surface area contributed by atoms with E-state index in [1.54, 1.807) is 26.4 Å². The molecule has 3 atom stereocenters. The quantitative estimate of drug-likeness (QED) is 0.280. The molecule has 6 heterocycles. The van der Waals surface area contributed by atoms with E-state index in [1.165, 1.54) is 6.07 Å². The summed E-state index contributed by atoms with van der Waals surface area (Å²) in [4.78, 5) is 26.2. The molecular formula is C30H38ClFN8O3. The minimum Gasteiger partial charge on any atom is -0.444 e. The summed E-state index contributed by atoms with van der Waals surface area (Å²) in [6, 6.07) is 2.99. The van der Waals surface area contributed by atoms with Crippen LogP contribution in [-0.2, 0) is 9.47 Å². The Morgan fingerprint density at radius 3 is 2.53 bits per heavy atom. The van der Waals surface area contributed by atoms with E-state index in [0.717, 1.165) is 25.0 Å². The van der Waals surface area contributed by atoms with Crippen LogP contribution in [0.4, 0.5) is 26.5 Å². The number of hydrogen-bond donors (Lipinski definition) is 1. The molecule has 13 heteroatoms. The van der Waals surface area contributed by atoms with E-state index in [4.69, 9.17) is 31.2 Å². The first-order chi connectivity index (χ1) is 20.4. The first-order valence-electron chi connectivity index (χ1n) is 14.8. The van der Waals surface area contributed by atoms with Crippen molar-refractivity contribution < 1.29 is 18.7 Å². The summed E-state index contributed by atoms with van der Waals surface area (Å²) in [7, 11) is 0. The van der Waals surface area contributed by atoms with Crippen LogP contribution in [0.15, 0.2) is 24.5 Å². The van der Waals surface area contributed by atoms with Gasteiger partial charge in [0.2, 0.25) is 0 Å². The number of nitrogens with zero attached hydrogens (tertiary/aromatic N) is 7. The van der Waals surface area contributed by atoms with E-state index in [9.17, 15) is 9.18 Å². The molecule has 43 heavy (non-hydrogen) atoms. The zero-order valence-corrected chi connectivity index (χ0v) is 26.2. The maximum absolute atomic E-state index is 14.9. The van der Waals surface area contributed by atoms with Crippen molar-refractivity contribution in [2.45, 2.75) is 84.7 Å². The maximum atomic E-state index is 14.9. The van der Waals surface area contributed by atoms with Crippen LogP contribution in [0.1, 0.15) is 65.8 Å². The van der Waals surface area contributed by atoms with Crippen LogP contribution in [0, 0.1) is 12.7 Å². The van der Waals surface area contributed by atoms with E-state index < -0.39 is 11.4 Å². The minimum atomic E-state index is -0.575. The fourth-order valence-electron chi connectivity index (χ4n) is 6.01. The third-order valence-corrected chi connectivity index (χ3v) is 8.06. The molecule has 2 fully saturated rings. The van der Waals surface area contributed by atoms with Gasteiger partial charge in [0.25, 0.3) is 0 Å². The summed E-state index contributed by atoms with van der Waals surface area (Å²) in [6.45, 7) is 13.2. The Bertz CT molecular complexity index is 1660. The van der Waals surface area contributed by atoms with Crippen LogP contribution in [0.5, 0.6) is 0 Å². The number of anilines is 3. The molecule has 0 saturated carbocycles. The molecule has 0 aromatic carbocycles. The average Bonchev–Trinajstić information content (AvgIpc) is 3.48. The van der Waals surface area contributed by atoms with Crippen molar-refractivity contribution >= 4 is 51.7 Å². The van der Waals surface area contributed by atoms with E-state index >= 15 is 0 Å². The van der Waals surface area contributed by atoms with Gasteiger partial charge in [-0.3, -0.25) is 4.90 Å². The highest BCUT2D eigenvalue weighted by Gasteiger charge is 2.36. The summed E-state index contributed by atoms with van der Waals surface area (Å²) in [6.07, 6.45) is 5.69. The average molecular weight is 613 g/mol. The number of carbonyl (C=O) groups is 1. The number of nitrogens with one attached hydrogen (secondary N) is 1. The van der Waals surface area contributed by atoms with Crippen LogP contribution < -0.4 is 10.2 Å². The molecule has 6 rings (SSSR count). The normalized spacial score (nSPS) is 21.5. The lowest BCUT2D eigenvalue weighted by molar-refractivity contribution is -0.0368. The van der Waals surface area contributed by atoms with Crippen molar-refractivity contribution in [3.05, 3.63) is 41.1 Å². The molecule has 0 bridgehead atoms. The van der Waals surface area contributed by atoms with Gasteiger partial charge >= 0.3 is 6.09 Å². The molecular weight excluding hydrogens is 575 g/mol. The molecule has 0 aliphatic carbocycles. The number of imidazole rings is 1. The number of piperazine rings is 1. The Hall–Kier alpha value is -3.64. The molecule has 4 aromatic heterocycles. The second-order valence-corrected chi connectivity index (χ2v) is 13.0. The predicted molar refractivity (Wildman–Crippen MR) is 164 cm³/mol. The van der Waals surface area contributed by atoms with Gasteiger partial charge in [0, 0.05) is 44.2 Å². The molecule has 1 amide bonds. The number of hydrogen-bond acceptors (Lipinski definition) is 8. The van der Waals surface area contributed by atoms with Gasteiger partial charge in [-0.2, -0.15) is 0 Å². The Kier molecular flexibility index (Phi) is 7.62. The van der Waals surface area contributed by atoms with Crippen LogP contribution in [0.3, 0.4) is 0 Å². The molecule has 2 aliphatic heterocycles. The number of pyridine rings is 2. The smallest absolute Gasteiger partial charge is 0.410 e. The van der Waals surface area contributed by atoms with Gasteiger partial charge < -0.3 is 24.1 Å². The number of halogens is 2. The predicted octanol–water partition coefficient (Wildman–Crippen LogP) is 6.46. The number of rotatable bonds is 4. The van der Waals surface area contributed by atoms with Crippen LogP contribution in [-0.4, -0.2) is 72.5 Å². The Balaban J connectivity index is 1.36. The fraction of sp³-hybridized carbons (Fsp3) is 0.533. The molecule has 2 saturated heterocycles. The number of fused-ring (bicyclic) bond motifs is 2. The molecule has 0 radical (unpaired) electrons. The SMILES string of the molecule is Cc1cn2cc(Nc3nn(C4CCCCO4)c4nc(N5C[C@@H](C)N(C(=O)OC(C)(C)C)[C@H](C)C5)cc(Cl)c34)cc(F)c2n1. The summed E-state index contributed by atoms with van der Waals surface area (Å²) in [5.74, 6) is 0.697. The largest absolute Gasteiger partial charge is 0.444 e. The summed E-state index contributed by atoms with van der Waals surface area (Å²) in [5, 5.41) is 9.21. The van der Waals surface area contributed by atoms with E-state index in [0.29, 0.717) is 53.1 Å². The van der Waals surface area contributed by atoms with E-state index in [-0.39, 0.29) is 30.1 Å². The van der Waals surface area contributed by atoms with Crippen LogP contribution >= 0.6 is 11.6 Å². The Morgan fingerprint density at radius 2 is 1.86 bits per heavy atom. The molecule has 230 valence electrons. The maximum Gasteiger partial charge on any atom is 0.410 e. The fourth-order valence-corrected chi connectivity index (χ4v) is 6.29. The minimum absolute atomic E-state index is 0.115. The topological polar surface area (TPSA) is 102 Å². The van der Waals surface area contributed by atoms with Gasteiger partial charge in [-0.15, -0.1) is 5.10 Å². The highest BCUT2D eigenvalue weighted by molar-refractivity contribution is 6.36. The lowest BCUT2D eigenvalue weighted by atomic mass is 10.1. The molecule has 4 aromatic rings. The van der Waals surface area contributed by atoms with Crippen LogP contribution in [0.25, 0.3) is 16.7 Å². The van der Waals surface area contributed by atoms with Crippen molar-refractivity contribution in [1.29, 1.82) is 0 Å². The second kappa shape index (κ2) is 11.1. The van der Waals surface area contributed by atoms with Crippen molar-refractivity contribution in [1.82, 2.24) is 29.0 Å². The molecule has 1 N–H and O–H groups in total. The Labute approximate surface area is 254 Å². The van der Waals surface area contributed by atoms with Gasteiger partial charge in [-0.1, -0.05) is 11.6 Å². The third-order valence-electron chi connectivity index (χ3n) is 7.77. The zero-order valence-electron chi connectivity index (χ0n) is 25.4. The monoisotopic (exact) mass is 612 g/mol. The molecule has 11 nitrogen and oxygen atoms in total. The molecule has 0 spiro atoms. The Morgan fingerprint density at radius 1 is 1.12 bits per heavy atom. The van der Waals surface area contributed by atoms with Gasteiger partial charge in [-0.25, -0.2) is 23.8 Å². The summed E-state index contributed by atoms with van der Waals surface area (Å²) in [5.41, 5.74) is 1.48. The van der Waals surface area contributed by atoms with Crippen molar-refractivity contribution in [3.63, 3.8) is 0 Å². The highest BCUT2D eigenvalue weighted by Crippen LogP contribution is 2.38. The van der Waals surface area contributed by atoms with Crippen LogP contribution in [0.2, 0.25) is 5.02 Å². The summed E-state index contributed by atoms with van der Waals surface area (Å²) < 4.78 is 30.1. The lowest BCUT2D eigenvalue weighted by Crippen LogP contribution is -2.59. The van der Waals surface area contributed by atoms with E-state index in [1.807, 2.05) is 47.6 Å². The van der Waals surface area contributed by atoms with Gasteiger partial charge in [0.1, 0.15) is 11.4 Å². The second-order valence-electron chi connectivity index (χ2n) is 12.6. The van der Waals surface area contributed by atoms with Gasteiger partial charge in [0.05, 0.1) is 33.9 Å². The molecule has 2 aliphatic rings. The summed E-state index contributed by atoms with van der Waals surface area (Å²) >= 11 is 6.98. The van der Waals surface area contributed by atoms with E-state index in [2.05, 4.69) is 15.2 Å². The number of aryl methyl sites for hydroxylation is 1. The molecule has 1 unspecified atom stereocenters. The number of ether oxygens (including phenoxy) is 2. The van der Waals surface area contributed by atoms with Gasteiger partial charge in [0.15, 0.2) is 29.2 Å². The number of aromatic nitrogens is 5. The van der Waals surface area contributed by atoms with Crippen molar-refractivity contribution in [2.75, 3.05) is 29.9 Å².